The van der Waals surface area contributed by atoms with Crippen molar-refractivity contribution in [2.75, 3.05) is 33.9 Å². The summed E-state index contributed by atoms with van der Waals surface area (Å²) >= 11 is 0. The van der Waals surface area contributed by atoms with Gasteiger partial charge in [-0.25, -0.2) is 0 Å². The van der Waals surface area contributed by atoms with E-state index in [0.717, 1.165) is 38.8 Å². The molecule has 2 fully saturated rings. The van der Waals surface area contributed by atoms with Gasteiger partial charge < -0.3 is 19.5 Å². The van der Waals surface area contributed by atoms with E-state index in [9.17, 15) is 4.79 Å². The van der Waals surface area contributed by atoms with Gasteiger partial charge in [-0.2, -0.15) is 0 Å². The second kappa shape index (κ2) is 8.54. The van der Waals surface area contributed by atoms with Crippen molar-refractivity contribution in [2.45, 2.75) is 43.9 Å². The molecule has 1 aliphatic heterocycles. The van der Waals surface area contributed by atoms with Gasteiger partial charge in [0.05, 0.1) is 13.2 Å². The minimum absolute atomic E-state index is 0.00426. The van der Waals surface area contributed by atoms with Crippen molar-refractivity contribution in [3.8, 4) is 11.5 Å². The summed E-state index contributed by atoms with van der Waals surface area (Å²) in [5, 5.41) is 3.16. The summed E-state index contributed by atoms with van der Waals surface area (Å²) in [5.41, 5.74) is 0. The van der Waals surface area contributed by atoms with Crippen molar-refractivity contribution in [1.82, 2.24) is 10.2 Å². The summed E-state index contributed by atoms with van der Waals surface area (Å²) in [6, 6.07) is 7.97. The number of likely N-dealkylation sites (tertiary alicyclic amines) is 1. The minimum atomic E-state index is -0.0784. The normalized spacial score (nSPS) is 26.6. The summed E-state index contributed by atoms with van der Waals surface area (Å²) in [6.45, 7) is 2.02. The first-order valence-corrected chi connectivity index (χ1v) is 9.03. The number of carbonyl (C=O) groups is 1. The third-order valence-corrected chi connectivity index (χ3v) is 5.23. The number of para-hydroxylation sites is 2. The van der Waals surface area contributed by atoms with Crippen LogP contribution in [0.1, 0.15) is 25.7 Å². The van der Waals surface area contributed by atoms with Crippen LogP contribution in [0.25, 0.3) is 0 Å². The van der Waals surface area contributed by atoms with E-state index in [4.69, 9.17) is 14.2 Å². The van der Waals surface area contributed by atoms with Crippen LogP contribution in [0.4, 0.5) is 0 Å². The molecule has 1 saturated heterocycles. The van der Waals surface area contributed by atoms with Crippen LogP contribution < -0.4 is 14.8 Å². The highest BCUT2D eigenvalue weighted by Crippen LogP contribution is 2.28. The standard InChI is InChI=1S/C19H28N2O4/c1-23-14-10-11-21(12-14)16-7-5-6-15(16)20-19(22)13-25-18-9-4-3-8-17(18)24-2/h3-4,8-9,14-16H,5-7,10-13H2,1-2H3,(H,20,22)/t14?,15-,16+/m1/s1. The molecule has 1 aromatic rings. The Kier molecular flexibility index (Phi) is 6.15. The van der Waals surface area contributed by atoms with Gasteiger partial charge in [0.15, 0.2) is 18.1 Å². The second-order valence-electron chi connectivity index (χ2n) is 6.75. The zero-order valence-electron chi connectivity index (χ0n) is 15.1. The Morgan fingerprint density at radius 3 is 2.72 bits per heavy atom. The molecule has 6 heteroatoms. The number of hydrogen-bond donors (Lipinski definition) is 1. The highest BCUT2D eigenvalue weighted by molar-refractivity contribution is 5.78. The molecule has 0 radical (unpaired) electrons. The molecular weight excluding hydrogens is 320 g/mol. The summed E-state index contributed by atoms with van der Waals surface area (Å²) in [6.07, 6.45) is 4.71. The molecule has 0 spiro atoms. The molecule has 0 aromatic heterocycles. The van der Waals surface area contributed by atoms with E-state index in [2.05, 4.69) is 10.2 Å². The number of rotatable bonds is 7. The Hall–Kier alpha value is -1.79. The zero-order valence-corrected chi connectivity index (χ0v) is 15.1. The minimum Gasteiger partial charge on any atom is -0.493 e. The molecule has 1 unspecified atom stereocenters. The maximum Gasteiger partial charge on any atom is 0.258 e. The highest BCUT2D eigenvalue weighted by atomic mass is 16.5. The topological polar surface area (TPSA) is 60.0 Å². The van der Waals surface area contributed by atoms with Gasteiger partial charge in [0, 0.05) is 32.3 Å². The van der Waals surface area contributed by atoms with Crippen LogP contribution in [-0.4, -0.2) is 62.9 Å². The van der Waals surface area contributed by atoms with Crippen molar-refractivity contribution in [3.63, 3.8) is 0 Å². The lowest BCUT2D eigenvalue weighted by Crippen LogP contribution is -2.49. The van der Waals surface area contributed by atoms with Crippen LogP contribution in [0.15, 0.2) is 24.3 Å². The molecule has 25 heavy (non-hydrogen) atoms. The van der Waals surface area contributed by atoms with Crippen molar-refractivity contribution in [3.05, 3.63) is 24.3 Å². The lowest BCUT2D eigenvalue weighted by Gasteiger charge is -2.30. The predicted octanol–water partition coefficient (Wildman–Crippen LogP) is 1.83. The quantitative estimate of drug-likeness (QED) is 0.815. The van der Waals surface area contributed by atoms with Crippen LogP contribution in [0.2, 0.25) is 0 Å². The monoisotopic (exact) mass is 348 g/mol. The van der Waals surface area contributed by atoms with E-state index in [1.807, 2.05) is 18.2 Å². The molecule has 138 valence electrons. The molecule has 3 atom stereocenters. The van der Waals surface area contributed by atoms with Crippen LogP contribution in [0, 0.1) is 0 Å². The number of nitrogens with one attached hydrogen (secondary N) is 1. The van der Waals surface area contributed by atoms with E-state index >= 15 is 0 Å². The van der Waals surface area contributed by atoms with Crippen molar-refractivity contribution < 1.29 is 19.0 Å². The number of hydrogen-bond acceptors (Lipinski definition) is 5. The number of benzene rings is 1. The van der Waals surface area contributed by atoms with E-state index in [1.165, 1.54) is 0 Å². The SMILES string of the molecule is COc1ccccc1OCC(=O)N[C@@H]1CCC[C@@H]1N1CCC(OC)C1. The second-order valence-corrected chi connectivity index (χ2v) is 6.75. The van der Waals surface area contributed by atoms with Gasteiger partial charge in [-0.05, 0) is 37.8 Å². The maximum absolute atomic E-state index is 12.3. The molecule has 1 heterocycles. The van der Waals surface area contributed by atoms with Crippen LogP contribution in [-0.2, 0) is 9.53 Å². The molecule has 1 saturated carbocycles. The fraction of sp³-hybridized carbons (Fsp3) is 0.632. The van der Waals surface area contributed by atoms with Crippen LogP contribution >= 0.6 is 0 Å². The molecule has 2 aliphatic rings. The van der Waals surface area contributed by atoms with Gasteiger partial charge in [-0.15, -0.1) is 0 Å². The summed E-state index contributed by atoms with van der Waals surface area (Å²) in [7, 11) is 3.37. The molecule has 0 bridgehead atoms. The van der Waals surface area contributed by atoms with Crippen molar-refractivity contribution >= 4 is 5.91 Å². The molecular formula is C19H28N2O4. The first kappa shape index (κ1) is 18.0. The number of nitrogens with zero attached hydrogens (tertiary/aromatic N) is 1. The fourth-order valence-corrected chi connectivity index (χ4v) is 3.92. The number of carbonyl (C=O) groups excluding carboxylic acids is 1. The number of amides is 1. The molecule has 1 aliphatic carbocycles. The third-order valence-electron chi connectivity index (χ3n) is 5.23. The average Bonchev–Trinajstić information content (AvgIpc) is 3.29. The lowest BCUT2D eigenvalue weighted by molar-refractivity contribution is -0.124. The zero-order chi connectivity index (χ0) is 17.6. The van der Waals surface area contributed by atoms with Crippen LogP contribution in [0.3, 0.4) is 0 Å². The lowest BCUT2D eigenvalue weighted by atomic mass is 10.1. The van der Waals surface area contributed by atoms with Gasteiger partial charge in [-0.1, -0.05) is 12.1 Å². The molecule has 1 amide bonds. The average molecular weight is 348 g/mol. The molecule has 1 N–H and O–H groups in total. The third kappa shape index (κ3) is 4.44. The van der Waals surface area contributed by atoms with Gasteiger partial charge in [0.2, 0.25) is 0 Å². The van der Waals surface area contributed by atoms with Gasteiger partial charge in [0.25, 0.3) is 5.91 Å². The van der Waals surface area contributed by atoms with Gasteiger partial charge >= 0.3 is 0 Å². The number of ether oxygens (including phenoxy) is 3. The highest BCUT2D eigenvalue weighted by Gasteiger charge is 2.36. The first-order chi connectivity index (χ1) is 12.2. The van der Waals surface area contributed by atoms with E-state index < -0.39 is 0 Å². The maximum atomic E-state index is 12.3. The largest absolute Gasteiger partial charge is 0.493 e. The van der Waals surface area contributed by atoms with Gasteiger partial charge in [0.1, 0.15) is 0 Å². The van der Waals surface area contributed by atoms with Crippen LogP contribution in [0.5, 0.6) is 11.5 Å². The Labute approximate surface area is 149 Å². The molecule has 1 aromatic carbocycles. The van der Waals surface area contributed by atoms with E-state index in [1.54, 1.807) is 20.3 Å². The predicted molar refractivity (Wildman–Crippen MR) is 95.0 cm³/mol. The molecule has 6 nitrogen and oxygen atoms in total. The van der Waals surface area contributed by atoms with E-state index in [-0.39, 0.29) is 18.6 Å². The van der Waals surface area contributed by atoms with Gasteiger partial charge in [-0.3, -0.25) is 9.69 Å². The van der Waals surface area contributed by atoms with Crippen molar-refractivity contribution in [1.29, 1.82) is 0 Å². The first-order valence-electron chi connectivity index (χ1n) is 9.03. The summed E-state index contributed by atoms with van der Waals surface area (Å²) in [5.74, 6) is 1.15. The Morgan fingerprint density at radius 1 is 1.20 bits per heavy atom. The molecule has 3 rings (SSSR count). The smallest absolute Gasteiger partial charge is 0.258 e. The Bertz CT molecular complexity index is 580. The van der Waals surface area contributed by atoms with Crippen molar-refractivity contribution in [2.24, 2.45) is 0 Å². The summed E-state index contributed by atoms with van der Waals surface area (Å²) in [4.78, 5) is 14.8. The Morgan fingerprint density at radius 2 is 2.00 bits per heavy atom. The summed E-state index contributed by atoms with van der Waals surface area (Å²) < 4.78 is 16.3. The Balaban J connectivity index is 1.50. The fourth-order valence-electron chi connectivity index (χ4n) is 3.92. The number of methoxy groups -OCH3 is 2. The van der Waals surface area contributed by atoms with E-state index in [0.29, 0.717) is 23.6 Å².